The van der Waals surface area contributed by atoms with Gasteiger partial charge in [-0.2, -0.15) is 0 Å². The summed E-state index contributed by atoms with van der Waals surface area (Å²) in [5.41, 5.74) is 4.92. The van der Waals surface area contributed by atoms with Crippen LogP contribution in [0.2, 0.25) is 0 Å². The highest BCUT2D eigenvalue weighted by Gasteiger charge is 2.41. The van der Waals surface area contributed by atoms with Gasteiger partial charge in [0.25, 0.3) is 0 Å². The molecule has 2 atom stereocenters. The Labute approximate surface area is 156 Å². The number of benzene rings is 2. The quantitative estimate of drug-likeness (QED) is 0.488. The fourth-order valence-corrected chi connectivity index (χ4v) is 5.20. The summed E-state index contributed by atoms with van der Waals surface area (Å²) in [6, 6.07) is 14.6. The number of nitrogens with zero attached hydrogens (tertiary/aromatic N) is 2. The zero-order valence-electron chi connectivity index (χ0n) is 15.1. The van der Waals surface area contributed by atoms with Gasteiger partial charge in [0.1, 0.15) is 0 Å². The van der Waals surface area contributed by atoms with Crippen molar-refractivity contribution >= 4 is 21.8 Å². The molecule has 2 heterocycles. The van der Waals surface area contributed by atoms with Gasteiger partial charge in [0.2, 0.25) is 11.8 Å². The first-order valence-electron chi connectivity index (χ1n) is 9.55. The zero-order chi connectivity index (χ0) is 18.3. The highest BCUT2D eigenvalue weighted by molar-refractivity contribution is 6.08. The van der Waals surface area contributed by atoms with E-state index in [0.717, 1.165) is 35.3 Å². The third-order valence-corrected chi connectivity index (χ3v) is 6.35. The van der Waals surface area contributed by atoms with Crippen molar-refractivity contribution in [3.05, 3.63) is 65.7 Å². The van der Waals surface area contributed by atoms with E-state index >= 15 is 0 Å². The van der Waals surface area contributed by atoms with E-state index in [4.69, 9.17) is 0 Å². The highest BCUT2D eigenvalue weighted by atomic mass is 16.3. The summed E-state index contributed by atoms with van der Waals surface area (Å²) in [5.74, 6) is 0.807. The van der Waals surface area contributed by atoms with Crippen LogP contribution in [0.1, 0.15) is 36.3 Å². The van der Waals surface area contributed by atoms with Crippen LogP contribution in [0.15, 0.2) is 54.6 Å². The summed E-state index contributed by atoms with van der Waals surface area (Å²) in [7, 11) is 0. The molecule has 2 bridgehead atoms. The molecule has 2 N–H and O–H groups in total. The minimum absolute atomic E-state index is 0.179. The SMILES string of the molecule is CCn1c2ccccc2c2ccc(-n3c(O)c4c(c3O)[C@H]3C=C[C@@H]4C3)cc21. The van der Waals surface area contributed by atoms with Gasteiger partial charge >= 0.3 is 0 Å². The van der Waals surface area contributed by atoms with E-state index in [1.807, 2.05) is 6.07 Å². The van der Waals surface area contributed by atoms with E-state index in [1.54, 1.807) is 4.57 Å². The normalized spacial score (nSPS) is 20.2. The summed E-state index contributed by atoms with van der Waals surface area (Å²) in [5, 5.41) is 24.2. The van der Waals surface area contributed by atoms with Crippen LogP contribution in [-0.4, -0.2) is 19.3 Å². The number of aromatic nitrogens is 2. The highest BCUT2D eigenvalue weighted by Crippen LogP contribution is 2.57. The number of rotatable bonds is 2. The van der Waals surface area contributed by atoms with E-state index in [1.165, 1.54) is 16.3 Å². The average molecular weight is 356 g/mol. The number of aromatic hydroxyl groups is 2. The molecule has 2 aliphatic carbocycles. The molecule has 0 radical (unpaired) electrons. The molecule has 2 aliphatic rings. The van der Waals surface area contributed by atoms with Crippen LogP contribution in [0.25, 0.3) is 27.5 Å². The fourth-order valence-electron chi connectivity index (χ4n) is 5.20. The van der Waals surface area contributed by atoms with Crippen molar-refractivity contribution < 1.29 is 10.2 Å². The zero-order valence-corrected chi connectivity index (χ0v) is 15.1. The van der Waals surface area contributed by atoms with Gasteiger partial charge in [-0.05, 0) is 31.5 Å². The molecule has 4 aromatic rings. The van der Waals surface area contributed by atoms with Gasteiger partial charge in [-0.15, -0.1) is 0 Å². The van der Waals surface area contributed by atoms with Crippen LogP contribution >= 0.6 is 0 Å². The summed E-state index contributed by atoms with van der Waals surface area (Å²) < 4.78 is 3.89. The number of hydrogen-bond donors (Lipinski definition) is 2. The second kappa shape index (κ2) is 4.97. The van der Waals surface area contributed by atoms with Gasteiger partial charge < -0.3 is 14.8 Å². The third-order valence-electron chi connectivity index (χ3n) is 6.35. The molecule has 4 nitrogen and oxygen atoms in total. The van der Waals surface area contributed by atoms with E-state index in [2.05, 4.69) is 60.0 Å². The maximum atomic E-state index is 10.9. The number of allylic oxidation sites excluding steroid dienone is 2. The molecule has 0 spiro atoms. The second-order valence-electron chi connectivity index (χ2n) is 7.61. The Hall–Kier alpha value is -3.14. The van der Waals surface area contributed by atoms with Gasteiger partial charge in [-0.25, -0.2) is 0 Å². The molecule has 0 unspecified atom stereocenters. The number of para-hydroxylation sites is 1. The molecule has 0 aliphatic heterocycles. The lowest BCUT2D eigenvalue weighted by molar-refractivity contribution is 0.395. The van der Waals surface area contributed by atoms with Crippen LogP contribution in [0.5, 0.6) is 11.8 Å². The van der Waals surface area contributed by atoms with Crippen molar-refractivity contribution in [2.75, 3.05) is 0 Å². The predicted octanol–water partition coefficient (Wildman–Crippen LogP) is 5.16. The van der Waals surface area contributed by atoms with Gasteiger partial charge in [-0.3, -0.25) is 4.57 Å². The molecule has 2 aromatic carbocycles. The smallest absolute Gasteiger partial charge is 0.202 e. The van der Waals surface area contributed by atoms with E-state index in [0.29, 0.717) is 0 Å². The van der Waals surface area contributed by atoms with E-state index in [-0.39, 0.29) is 23.6 Å². The van der Waals surface area contributed by atoms with Crippen LogP contribution in [0.3, 0.4) is 0 Å². The topological polar surface area (TPSA) is 50.3 Å². The van der Waals surface area contributed by atoms with Gasteiger partial charge in [0, 0.05) is 45.8 Å². The molecule has 4 heteroatoms. The van der Waals surface area contributed by atoms with Crippen molar-refractivity contribution in [2.24, 2.45) is 0 Å². The first kappa shape index (κ1) is 15.0. The molecule has 6 rings (SSSR count). The minimum Gasteiger partial charge on any atom is -0.494 e. The monoisotopic (exact) mass is 356 g/mol. The number of hydrogen-bond acceptors (Lipinski definition) is 2. The van der Waals surface area contributed by atoms with Crippen molar-refractivity contribution in [1.82, 2.24) is 9.13 Å². The Balaban J connectivity index is 1.63. The Kier molecular flexibility index (Phi) is 2.76. The number of fused-ring (bicyclic) bond motifs is 8. The van der Waals surface area contributed by atoms with Gasteiger partial charge in [0.05, 0.1) is 11.2 Å². The van der Waals surface area contributed by atoms with E-state index in [9.17, 15) is 10.2 Å². The van der Waals surface area contributed by atoms with Crippen LogP contribution < -0.4 is 0 Å². The first-order chi connectivity index (χ1) is 13.2. The molecular formula is C23H20N2O2. The Morgan fingerprint density at radius 2 is 1.56 bits per heavy atom. The third kappa shape index (κ3) is 1.73. The van der Waals surface area contributed by atoms with Gasteiger partial charge in [0.15, 0.2) is 0 Å². The standard InChI is InChI=1S/C23H20N2O2/c1-2-24-18-6-4-3-5-16(18)17-10-9-15(12-19(17)24)25-22(26)20-13-7-8-14(11-13)21(20)23(25)27/h3-10,12-14,26-27H,2,11H2,1H3/t13-,14+. The van der Waals surface area contributed by atoms with Crippen molar-refractivity contribution in [3.63, 3.8) is 0 Å². The lowest BCUT2D eigenvalue weighted by atomic mass is 10.0. The largest absolute Gasteiger partial charge is 0.494 e. The lowest BCUT2D eigenvalue weighted by Crippen LogP contribution is -1.97. The van der Waals surface area contributed by atoms with Gasteiger partial charge in [-0.1, -0.05) is 36.4 Å². The summed E-state index contributed by atoms with van der Waals surface area (Å²) >= 11 is 0. The summed E-state index contributed by atoms with van der Waals surface area (Å²) in [6.07, 6.45) is 5.26. The average Bonchev–Trinajstić information content (AvgIpc) is 3.42. The summed E-state index contributed by atoms with van der Waals surface area (Å²) in [6.45, 7) is 3.00. The molecule has 27 heavy (non-hydrogen) atoms. The summed E-state index contributed by atoms with van der Waals surface area (Å²) in [4.78, 5) is 0. The lowest BCUT2D eigenvalue weighted by Gasteiger charge is -2.11. The number of aryl methyl sites for hydroxylation is 1. The maximum Gasteiger partial charge on any atom is 0.202 e. The minimum atomic E-state index is 0.179. The Bertz CT molecular complexity index is 1240. The van der Waals surface area contributed by atoms with E-state index < -0.39 is 0 Å². The molecule has 0 saturated carbocycles. The van der Waals surface area contributed by atoms with Crippen LogP contribution in [0.4, 0.5) is 0 Å². The molecule has 134 valence electrons. The van der Waals surface area contributed by atoms with Crippen molar-refractivity contribution in [3.8, 4) is 17.4 Å². The van der Waals surface area contributed by atoms with Crippen molar-refractivity contribution in [1.29, 1.82) is 0 Å². The molecule has 0 fully saturated rings. The van der Waals surface area contributed by atoms with Crippen molar-refractivity contribution in [2.45, 2.75) is 31.7 Å². The molecule has 0 amide bonds. The fraction of sp³-hybridized carbons (Fsp3) is 0.217. The maximum absolute atomic E-state index is 10.9. The first-order valence-corrected chi connectivity index (χ1v) is 9.55. The Morgan fingerprint density at radius 1 is 0.889 bits per heavy atom. The predicted molar refractivity (Wildman–Crippen MR) is 107 cm³/mol. The molecule has 0 saturated heterocycles. The van der Waals surface area contributed by atoms with Crippen LogP contribution in [0, 0.1) is 0 Å². The second-order valence-corrected chi connectivity index (χ2v) is 7.61. The van der Waals surface area contributed by atoms with Crippen LogP contribution in [-0.2, 0) is 6.54 Å². The molecular weight excluding hydrogens is 336 g/mol. The molecule has 2 aromatic heterocycles. The Morgan fingerprint density at radius 3 is 2.26 bits per heavy atom.